The Bertz CT molecular complexity index is 301. The Morgan fingerprint density at radius 2 is 2.57 bits per heavy atom. The number of carbonyl (C=O) groups excluding carboxylic acids is 1. The van der Waals surface area contributed by atoms with Gasteiger partial charge in [-0.3, -0.25) is 4.79 Å². The van der Waals surface area contributed by atoms with Gasteiger partial charge in [-0.1, -0.05) is 0 Å². The molecule has 1 heterocycles. The highest BCUT2D eigenvalue weighted by Crippen LogP contribution is 2.13. The number of esters is 1. The minimum atomic E-state index is -0.245. The second kappa shape index (κ2) is 5.56. The van der Waals surface area contributed by atoms with E-state index in [-0.39, 0.29) is 12.5 Å². The number of nitrogens with one attached hydrogen (secondary N) is 1. The smallest absolute Gasteiger partial charge is 0.319 e. The van der Waals surface area contributed by atoms with E-state index in [1.807, 2.05) is 0 Å². The summed E-state index contributed by atoms with van der Waals surface area (Å²) in [6.07, 6.45) is 1.69. The van der Waals surface area contributed by atoms with Gasteiger partial charge in [-0.25, -0.2) is 4.98 Å². The van der Waals surface area contributed by atoms with Gasteiger partial charge in [0.05, 0.1) is 13.2 Å². The molecule has 0 bridgehead atoms. The number of rotatable bonds is 5. The molecule has 0 saturated heterocycles. The normalized spacial score (nSPS) is 10.1. The molecule has 0 atom stereocenters. The number of carbonyl (C=O) groups is 1. The van der Waals surface area contributed by atoms with Gasteiger partial charge in [-0.15, -0.1) is 11.3 Å². The van der Waals surface area contributed by atoms with E-state index in [2.05, 4.69) is 10.3 Å². The first-order valence-electron chi connectivity index (χ1n) is 4.29. The fraction of sp³-hybridized carbons (Fsp3) is 0.500. The number of nitrogens with two attached hydrogens (primary N) is 1. The third-order valence-electron chi connectivity index (χ3n) is 1.45. The summed E-state index contributed by atoms with van der Waals surface area (Å²) < 4.78 is 4.75. The highest BCUT2D eigenvalue weighted by atomic mass is 32.1. The molecular weight excluding hydrogens is 202 g/mol. The summed E-state index contributed by atoms with van der Waals surface area (Å²) in [4.78, 5) is 15.8. The molecule has 6 heteroatoms. The third-order valence-corrected chi connectivity index (χ3v) is 2.27. The molecule has 0 saturated carbocycles. The molecule has 14 heavy (non-hydrogen) atoms. The molecule has 3 N–H and O–H groups in total. The minimum absolute atomic E-state index is 0.214. The molecule has 0 unspecified atom stereocenters. The van der Waals surface area contributed by atoms with E-state index in [4.69, 9.17) is 10.5 Å². The Hall–Kier alpha value is -1.14. The molecule has 0 fully saturated rings. The molecule has 1 aromatic heterocycles. The van der Waals surface area contributed by atoms with Crippen LogP contribution in [0, 0.1) is 0 Å². The highest BCUT2D eigenvalue weighted by Gasteiger charge is 2.02. The molecular formula is C8H13N3O2S. The molecule has 0 radical (unpaired) electrons. The van der Waals surface area contributed by atoms with Gasteiger partial charge in [0.15, 0.2) is 5.13 Å². The van der Waals surface area contributed by atoms with Crippen molar-refractivity contribution >= 4 is 22.4 Å². The summed E-state index contributed by atoms with van der Waals surface area (Å²) in [5, 5.41) is 3.48. The van der Waals surface area contributed by atoms with Crippen LogP contribution in [0.4, 0.5) is 5.13 Å². The van der Waals surface area contributed by atoms with Gasteiger partial charge in [0.1, 0.15) is 0 Å². The SMILES string of the molecule is CCOC(=O)CNCc1cnc(N)s1. The maximum atomic E-state index is 10.9. The van der Waals surface area contributed by atoms with Crippen LogP contribution < -0.4 is 11.1 Å². The molecule has 0 aliphatic heterocycles. The molecule has 1 aromatic rings. The minimum Gasteiger partial charge on any atom is -0.465 e. The first-order chi connectivity index (χ1) is 6.72. The summed E-state index contributed by atoms with van der Waals surface area (Å²) in [6, 6.07) is 0. The van der Waals surface area contributed by atoms with Crippen molar-refractivity contribution in [2.24, 2.45) is 0 Å². The number of nitrogen functional groups attached to an aromatic ring is 1. The maximum Gasteiger partial charge on any atom is 0.319 e. The van der Waals surface area contributed by atoms with Crippen LogP contribution in [-0.2, 0) is 16.1 Å². The first kappa shape index (κ1) is 10.9. The van der Waals surface area contributed by atoms with Crippen molar-refractivity contribution in [3.63, 3.8) is 0 Å². The van der Waals surface area contributed by atoms with E-state index in [0.717, 1.165) is 4.88 Å². The lowest BCUT2D eigenvalue weighted by Crippen LogP contribution is -2.23. The van der Waals surface area contributed by atoms with Crippen molar-refractivity contribution < 1.29 is 9.53 Å². The average molecular weight is 215 g/mol. The second-order valence-electron chi connectivity index (χ2n) is 2.57. The van der Waals surface area contributed by atoms with Crippen LogP contribution in [0.2, 0.25) is 0 Å². The van der Waals surface area contributed by atoms with E-state index >= 15 is 0 Å². The molecule has 0 aliphatic carbocycles. The number of hydrogen-bond acceptors (Lipinski definition) is 6. The zero-order valence-electron chi connectivity index (χ0n) is 7.95. The van der Waals surface area contributed by atoms with Gasteiger partial charge in [-0.2, -0.15) is 0 Å². The van der Waals surface area contributed by atoms with Gasteiger partial charge in [0, 0.05) is 17.6 Å². The van der Waals surface area contributed by atoms with Gasteiger partial charge in [0.25, 0.3) is 0 Å². The van der Waals surface area contributed by atoms with Crippen molar-refractivity contribution in [3.8, 4) is 0 Å². The van der Waals surface area contributed by atoms with E-state index < -0.39 is 0 Å². The van der Waals surface area contributed by atoms with Crippen LogP contribution in [-0.4, -0.2) is 24.1 Å². The van der Waals surface area contributed by atoms with E-state index in [1.165, 1.54) is 11.3 Å². The summed E-state index contributed by atoms with van der Waals surface area (Å²) in [5.74, 6) is -0.245. The van der Waals surface area contributed by atoms with E-state index in [1.54, 1.807) is 13.1 Å². The van der Waals surface area contributed by atoms with Crippen LogP contribution in [0.15, 0.2) is 6.20 Å². The molecule has 0 amide bonds. The Kier molecular flexibility index (Phi) is 4.34. The number of aromatic nitrogens is 1. The maximum absolute atomic E-state index is 10.9. The lowest BCUT2D eigenvalue weighted by Gasteiger charge is -2.01. The van der Waals surface area contributed by atoms with Crippen molar-refractivity contribution in [2.45, 2.75) is 13.5 Å². The molecule has 5 nitrogen and oxygen atoms in total. The topological polar surface area (TPSA) is 77.2 Å². The quantitative estimate of drug-likeness (QED) is 0.694. The van der Waals surface area contributed by atoms with Crippen molar-refractivity contribution in [1.29, 1.82) is 0 Å². The average Bonchev–Trinajstić information content (AvgIpc) is 2.52. The molecule has 0 aliphatic rings. The fourth-order valence-corrected chi connectivity index (χ4v) is 1.56. The Morgan fingerprint density at radius 3 is 3.14 bits per heavy atom. The fourth-order valence-electron chi connectivity index (χ4n) is 0.904. The summed E-state index contributed by atoms with van der Waals surface area (Å²) in [5.41, 5.74) is 5.45. The molecule has 78 valence electrons. The summed E-state index contributed by atoms with van der Waals surface area (Å²) in [6.45, 7) is 3.00. The number of anilines is 1. The van der Waals surface area contributed by atoms with E-state index in [9.17, 15) is 4.79 Å². The Balaban J connectivity index is 2.18. The second-order valence-corrected chi connectivity index (χ2v) is 3.72. The molecule has 1 rings (SSSR count). The van der Waals surface area contributed by atoms with Gasteiger partial charge in [-0.05, 0) is 6.92 Å². The number of thiazole rings is 1. The van der Waals surface area contributed by atoms with E-state index in [0.29, 0.717) is 18.3 Å². The van der Waals surface area contributed by atoms with Crippen LogP contribution >= 0.6 is 11.3 Å². The Morgan fingerprint density at radius 1 is 1.79 bits per heavy atom. The molecule has 0 spiro atoms. The summed E-state index contributed by atoms with van der Waals surface area (Å²) in [7, 11) is 0. The standard InChI is InChI=1S/C8H13N3O2S/c1-2-13-7(12)5-10-3-6-4-11-8(9)14-6/h4,10H,2-3,5H2,1H3,(H2,9,11). The van der Waals surface area contributed by atoms with Crippen LogP contribution in [0.25, 0.3) is 0 Å². The molecule has 0 aromatic carbocycles. The zero-order chi connectivity index (χ0) is 10.4. The van der Waals surface area contributed by atoms with Crippen molar-refractivity contribution in [1.82, 2.24) is 10.3 Å². The van der Waals surface area contributed by atoms with Crippen LogP contribution in [0.1, 0.15) is 11.8 Å². The predicted octanol–water partition coefficient (Wildman–Crippen LogP) is 0.378. The number of nitrogens with zero attached hydrogens (tertiary/aromatic N) is 1. The van der Waals surface area contributed by atoms with Gasteiger partial charge in [0.2, 0.25) is 0 Å². The lowest BCUT2D eigenvalue weighted by atomic mass is 10.5. The van der Waals surface area contributed by atoms with Gasteiger partial charge >= 0.3 is 5.97 Å². The predicted molar refractivity (Wildman–Crippen MR) is 54.9 cm³/mol. The van der Waals surface area contributed by atoms with Crippen molar-refractivity contribution in [3.05, 3.63) is 11.1 Å². The van der Waals surface area contributed by atoms with Gasteiger partial charge < -0.3 is 15.8 Å². The first-order valence-corrected chi connectivity index (χ1v) is 5.10. The summed E-state index contributed by atoms with van der Waals surface area (Å²) >= 11 is 1.40. The third kappa shape index (κ3) is 3.71. The zero-order valence-corrected chi connectivity index (χ0v) is 8.76. The Labute approximate surface area is 86.3 Å². The monoisotopic (exact) mass is 215 g/mol. The number of ether oxygens (including phenoxy) is 1. The largest absolute Gasteiger partial charge is 0.465 e. The van der Waals surface area contributed by atoms with Crippen LogP contribution in [0.5, 0.6) is 0 Å². The van der Waals surface area contributed by atoms with Crippen molar-refractivity contribution in [2.75, 3.05) is 18.9 Å². The highest BCUT2D eigenvalue weighted by molar-refractivity contribution is 7.15. The number of hydrogen-bond donors (Lipinski definition) is 2. The van der Waals surface area contributed by atoms with Crippen LogP contribution in [0.3, 0.4) is 0 Å². The lowest BCUT2D eigenvalue weighted by molar-refractivity contribution is -0.142.